The Labute approximate surface area is 232 Å². The number of anilines is 1. The van der Waals surface area contributed by atoms with Gasteiger partial charge in [-0.15, -0.1) is 10.2 Å². The van der Waals surface area contributed by atoms with Crippen LogP contribution in [-0.4, -0.2) is 43.8 Å². The molecule has 2 heterocycles. The molecular formula is C30H32N6O4. The van der Waals surface area contributed by atoms with Gasteiger partial charge in [-0.2, -0.15) is 4.80 Å². The lowest BCUT2D eigenvalue weighted by Gasteiger charge is -2.32. The Morgan fingerprint density at radius 2 is 1.73 bits per heavy atom. The number of tetrazole rings is 1. The Morgan fingerprint density at radius 3 is 2.38 bits per heavy atom. The summed E-state index contributed by atoms with van der Waals surface area (Å²) < 4.78 is 5.92. The number of hydrogen-bond donors (Lipinski definition) is 1. The van der Waals surface area contributed by atoms with Crippen molar-refractivity contribution in [3.63, 3.8) is 0 Å². The van der Waals surface area contributed by atoms with Crippen molar-refractivity contribution >= 4 is 23.3 Å². The fourth-order valence-electron chi connectivity index (χ4n) is 5.01. The molecule has 1 saturated carbocycles. The van der Waals surface area contributed by atoms with Crippen LogP contribution in [0.25, 0.3) is 11.4 Å². The lowest BCUT2D eigenvalue weighted by atomic mass is 9.95. The molecule has 1 N–H and O–H groups in total. The van der Waals surface area contributed by atoms with Gasteiger partial charge in [0, 0.05) is 22.9 Å². The summed E-state index contributed by atoms with van der Waals surface area (Å²) in [5.41, 5.74) is 1.71. The number of carbonyl (C=O) groups excluding carboxylic acids is 3. The highest BCUT2D eigenvalue weighted by molar-refractivity contribution is 6.01. The van der Waals surface area contributed by atoms with Gasteiger partial charge in [0.2, 0.25) is 5.82 Å². The molecule has 2 amide bonds. The first kappa shape index (κ1) is 27.0. The maximum absolute atomic E-state index is 14.0. The average Bonchev–Trinajstić information content (AvgIpc) is 3.61. The SMILES string of the molecule is CC(=O)c1ccc(N(C(=O)Cn2nnc(-c3ccccc3)n2)[C@H](C(=O)NC2CCCCC2)c2ccc(C)o2)cc1. The summed E-state index contributed by atoms with van der Waals surface area (Å²) in [6.07, 6.45) is 5.03. The number of nitrogens with zero attached hydrogens (tertiary/aromatic N) is 5. The second-order valence-electron chi connectivity index (χ2n) is 10.1. The van der Waals surface area contributed by atoms with Crippen LogP contribution >= 0.6 is 0 Å². The molecule has 0 radical (unpaired) electrons. The summed E-state index contributed by atoms with van der Waals surface area (Å²) in [5, 5.41) is 15.7. The number of hydrogen-bond acceptors (Lipinski definition) is 7. The molecule has 0 unspecified atom stereocenters. The molecule has 1 fully saturated rings. The molecular weight excluding hydrogens is 508 g/mol. The van der Waals surface area contributed by atoms with Gasteiger partial charge in [0.05, 0.1) is 0 Å². The number of nitrogens with one attached hydrogen (secondary N) is 1. The Morgan fingerprint density at radius 1 is 1.00 bits per heavy atom. The van der Waals surface area contributed by atoms with Gasteiger partial charge >= 0.3 is 0 Å². The van der Waals surface area contributed by atoms with E-state index in [1.807, 2.05) is 30.3 Å². The molecule has 4 aromatic rings. The molecule has 0 spiro atoms. The van der Waals surface area contributed by atoms with Crippen molar-refractivity contribution in [3.8, 4) is 11.4 Å². The van der Waals surface area contributed by atoms with E-state index in [0.717, 1.165) is 37.7 Å². The van der Waals surface area contributed by atoms with Crippen molar-refractivity contribution < 1.29 is 18.8 Å². The highest BCUT2D eigenvalue weighted by Gasteiger charge is 2.36. The number of aromatic nitrogens is 4. The molecule has 0 bridgehead atoms. The summed E-state index contributed by atoms with van der Waals surface area (Å²) >= 11 is 0. The van der Waals surface area contributed by atoms with Crippen LogP contribution in [0.2, 0.25) is 0 Å². The number of Topliss-reactive ketones (excluding diaryl/α,β-unsaturated/α-hetero) is 1. The standard InChI is InChI=1S/C30H32N6O4/c1-20-13-18-26(40-20)28(30(39)31-24-11-7-4-8-12-24)36(25-16-14-22(15-17-25)21(2)37)27(38)19-35-33-29(32-34-35)23-9-5-3-6-10-23/h3,5-6,9-10,13-18,24,28H,4,7-8,11-12,19H2,1-2H3,(H,31,39)/t28-/m0/s1. The molecule has 1 atom stereocenters. The lowest BCUT2D eigenvalue weighted by Crippen LogP contribution is -2.48. The third-order valence-electron chi connectivity index (χ3n) is 7.07. The normalized spacial score (nSPS) is 14.4. The predicted octanol–water partition coefficient (Wildman–Crippen LogP) is 4.67. The van der Waals surface area contributed by atoms with Gasteiger partial charge in [0.25, 0.3) is 11.8 Å². The van der Waals surface area contributed by atoms with Crippen LogP contribution in [0.15, 0.2) is 71.1 Å². The van der Waals surface area contributed by atoms with Gasteiger partial charge in [0.15, 0.2) is 11.8 Å². The van der Waals surface area contributed by atoms with Crippen molar-refractivity contribution in [2.24, 2.45) is 0 Å². The maximum atomic E-state index is 14.0. The van der Waals surface area contributed by atoms with Gasteiger partial charge in [-0.25, -0.2) is 0 Å². The average molecular weight is 541 g/mol. The van der Waals surface area contributed by atoms with Gasteiger partial charge in [-0.1, -0.05) is 49.6 Å². The third-order valence-corrected chi connectivity index (χ3v) is 7.07. The van der Waals surface area contributed by atoms with E-state index in [9.17, 15) is 14.4 Å². The molecule has 1 aliphatic carbocycles. The quantitative estimate of drug-likeness (QED) is 0.306. The molecule has 5 rings (SSSR count). The van der Waals surface area contributed by atoms with E-state index >= 15 is 0 Å². The largest absolute Gasteiger partial charge is 0.464 e. The number of rotatable bonds is 9. The molecule has 40 heavy (non-hydrogen) atoms. The zero-order chi connectivity index (χ0) is 28.1. The fraction of sp³-hybridized carbons (Fsp3) is 0.333. The minimum atomic E-state index is -1.08. The zero-order valence-electron chi connectivity index (χ0n) is 22.6. The van der Waals surface area contributed by atoms with Gasteiger partial charge in [-0.05, 0) is 68.3 Å². The zero-order valence-corrected chi connectivity index (χ0v) is 22.6. The topological polar surface area (TPSA) is 123 Å². The number of ketones is 1. The molecule has 206 valence electrons. The summed E-state index contributed by atoms with van der Waals surface area (Å²) in [6.45, 7) is 3.00. The van der Waals surface area contributed by atoms with E-state index in [1.165, 1.54) is 16.6 Å². The summed E-state index contributed by atoms with van der Waals surface area (Å²) in [6, 6.07) is 18.4. The van der Waals surface area contributed by atoms with Crippen molar-refractivity contribution in [1.82, 2.24) is 25.5 Å². The molecule has 10 nitrogen and oxygen atoms in total. The predicted molar refractivity (Wildman–Crippen MR) is 148 cm³/mol. The molecule has 2 aromatic carbocycles. The Kier molecular flexibility index (Phi) is 8.14. The minimum absolute atomic E-state index is 0.0299. The highest BCUT2D eigenvalue weighted by atomic mass is 16.3. The molecule has 1 aliphatic rings. The van der Waals surface area contributed by atoms with E-state index in [-0.39, 0.29) is 24.3 Å². The summed E-state index contributed by atoms with van der Waals surface area (Å²) in [4.78, 5) is 42.4. The second-order valence-corrected chi connectivity index (χ2v) is 10.1. The number of aryl methyl sites for hydroxylation is 1. The first-order valence-electron chi connectivity index (χ1n) is 13.5. The fourth-order valence-corrected chi connectivity index (χ4v) is 5.01. The van der Waals surface area contributed by atoms with Crippen molar-refractivity contribution in [2.75, 3.05) is 4.90 Å². The van der Waals surface area contributed by atoms with Crippen LogP contribution in [0.5, 0.6) is 0 Å². The van der Waals surface area contributed by atoms with Crippen molar-refractivity contribution in [2.45, 2.75) is 64.6 Å². The second kappa shape index (κ2) is 12.1. The van der Waals surface area contributed by atoms with Gasteiger partial charge < -0.3 is 9.73 Å². The Balaban J connectivity index is 1.50. The van der Waals surface area contributed by atoms with Crippen LogP contribution in [0.3, 0.4) is 0 Å². The third kappa shape index (κ3) is 6.17. The van der Waals surface area contributed by atoms with E-state index in [2.05, 4.69) is 20.7 Å². The smallest absolute Gasteiger partial charge is 0.251 e. The van der Waals surface area contributed by atoms with Gasteiger partial charge in [-0.3, -0.25) is 19.3 Å². The van der Waals surface area contributed by atoms with Crippen LogP contribution in [0.4, 0.5) is 5.69 Å². The Hall–Kier alpha value is -4.60. The van der Waals surface area contributed by atoms with E-state index in [4.69, 9.17) is 4.42 Å². The number of benzene rings is 2. The maximum Gasteiger partial charge on any atom is 0.251 e. The minimum Gasteiger partial charge on any atom is -0.464 e. The molecule has 0 saturated heterocycles. The summed E-state index contributed by atoms with van der Waals surface area (Å²) in [5.74, 6) is 0.478. The first-order chi connectivity index (χ1) is 19.4. The van der Waals surface area contributed by atoms with E-state index < -0.39 is 11.9 Å². The van der Waals surface area contributed by atoms with Crippen LogP contribution in [-0.2, 0) is 16.1 Å². The molecule has 0 aliphatic heterocycles. The van der Waals surface area contributed by atoms with Crippen LogP contribution < -0.4 is 10.2 Å². The van der Waals surface area contributed by atoms with Gasteiger partial charge in [0.1, 0.15) is 18.1 Å². The summed E-state index contributed by atoms with van der Waals surface area (Å²) in [7, 11) is 0. The van der Waals surface area contributed by atoms with E-state index in [0.29, 0.717) is 28.6 Å². The number of carbonyl (C=O) groups is 3. The molecule has 10 heteroatoms. The van der Waals surface area contributed by atoms with Crippen LogP contribution in [0, 0.1) is 6.92 Å². The van der Waals surface area contributed by atoms with Crippen LogP contribution in [0.1, 0.15) is 66.9 Å². The lowest BCUT2D eigenvalue weighted by molar-refractivity contribution is -0.128. The number of furan rings is 1. The molecule has 2 aromatic heterocycles. The Bertz CT molecular complexity index is 1470. The number of amides is 2. The van der Waals surface area contributed by atoms with E-state index in [1.54, 1.807) is 43.3 Å². The van der Waals surface area contributed by atoms with Crippen molar-refractivity contribution in [1.29, 1.82) is 0 Å². The highest BCUT2D eigenvalue weighted by Crippen LogP contribution is 2.31. The monoisotopic (exact) mass is 540 g/mol. The van der Waals surface area contributed by atoms with Crippen molar-refractivity contribution in [3.05, 3.63) is 83.8 Å². The first-order valence-corrected chi connectivity index (χ1v) is 13.5.